The fraction of sp³-hybridized carbons (Fsp3) is 0.300. The molecule has 7 heteroatoms. The monoisotopic (exact) mass is 368 g/mol. The minimum absolute atomic E-state index is 0.132. The molecule has 0 spiro atoms. The lowest BCUT2D eigenvalue weighted by molar-refractivity contribution is -0.129. The number of nitrogens with one attached hydrogen (secondary N) is 1. The van der Waals surface area contributed by atoms with E-state index in [0.717, 1.165) is 5.56 Å². The van der Waals surface area contributed by atoms with Gasteiger partial charge in [-0.15, -0.1) is 0 Å². The van der Waals surface area contributed by atoms with Crippen molar-refractivity contribution in [2.75, 3.05) is 18.2 Å². The molecule has 4 rings (SSSR count). The van der Waals surface area contributed by atoms with Crippen LogP contribution in [0, 0.1) is 0 Å². The average Bonchev–Trinajstić information content (AvgIpc) is 3.14. The van der Waals surface area contributed by atoms with Gasteiger partial charge in [0.1, 0.15) is 5.75 Å². The van der Waals surface area contributed by atoms with Crippen LogP contribution in [0.3, 0.4) is 0 Å². The first-order valence-corrected chi connectivity index (χ1v) is 8.76. The Kier molecular flexibility index (Phi) is 4.35. The highest BCUT2D eigenvalue weighted by molar-refractivity contribution is 5.95. The smallest absolute Gasteiger partial charge is 0.263 e. The third-order valence-corrected chi connectivity index (χ3v) is 4.70. The molecule has 1 N–H and O–H groups in total. The minimum atomic E-state index is -0.778. The summed E-state index contributed by atoms with van der Waals surface area (Å²) in [5.74, 6) is 1.48. The van der Waals surface area contributed by atoms with E-state index in [-0.39, 0.29) is 31.2 Å². The zero-order valence-corrected chi connectivity index (χ0v) is 15.1. The number of ether oxygens (including phenoxy) is 3. The van der Waals surface area contributed by atoms with Gasteiger partial charge in [0, 0.05) is 6.92 Å². The van der Waals surface area contributed by atoms with E-state index >= 15 is 0 Å². The summed E-state index contributed by atoms with van der Waals surface area (Å²) in [5.41, 5.74) is 1.57. The molecule has 0 saturated carbocycles. The molecule has 27 heavy (non-hydrogen) atoms. The van der Waals surface area contributed by atoms with Gasteiger partial charge < -0.3 is 24.4 Å². The highest BCUT2D eigenvalue weighted by atomic mass is 16.7. The van der Waals surface area contributed by atoms with Crippen molar-refractivity contribution in [3.05, 3.63) is 48.0 Å². The maximum Gasteiger partial charge on any atom is 0.263 e. The molecule has 2 aliphatic rings. The van der Waals surface area contributed by atoms with Crippen LogP contribution in [-0.4, -0.2) is 31.3 Å². The second-order valence-corrected chi connectivity index (χ2v) is 6.55. The third-order valence-electron chi connectivity index (χ3n) is 4.70. The van der Waals surface area contributed by atoms with E-state index < -0.39 is 6.10 Å². The first-order chi connectivity index (χ1) is 13.0. The number of hydrogen-bond acceptors (Lipinski definition) is 5. The lowest BCUT2D eigenvalue weighted by Crippen LogP contribution is -2.50. The first-order valence-electron chi connectivity index (χ1n) is 8.76. The topological polar surface area (TPSA) is 77.1 Å². The lowest BCUT2D eigenvalue weighted by Gasteiger charge is -2.34. The van der Waals surface area contributed by atoms with Crippen molar-refractivity contribution in [2.45, 2.75) is 26.0 Å². The summed E-state index contributed by atoms with van der Waals surface area (Å²) in [6.07, 6.45) is -0.778. The number of benzene rings is 2. The van der Waals surface area contributed by atoms with Crippen LogP contribution in [-0.2, 0) is 9.59 Å². The van der Waals surface area contributed by atoms with Crippen molar-refractivity contribution in [3.63, 3.8) is 0 Å². The van der Waals surface area contributed by atoms with Gasteiger partial charge in [-0.05, 0) is 36.8 Å². The molecule has 0 aliphatic carbocycles. The van der Waals surface area contributed by atoms with Gasteiger partial charge in [0.25, 0.3) is 5.91 Å². The predicted octanol–water partition coefficient (Wildman–Crippen LogP) is 2.41. The molecule has 2 heterocycles. The molecule has 0 fully saturated rings. The van der Waals surface area contributed by atoms with Crippen LogP contribution in [0.2, 0.25) is 0 Å². The quantitative estimate of drug-likeness (QED) is 0.900. The van der Waals surface area contributed by atoms with Gasteiger partial charge in [-0.3, -0.25) is 9.59 Å². The highest BCUT2D eigenvalue weighted by Gasteiger charge is 2.33. The molecule has 2 aromatic carbocycles. The molecule has 0 saturated heterocycles. The standard InChI is InChI=1S/C20H20N2O5/c1-12(14-7-8-17-18(9-14)26-11-25-17)21-20(24)19-10-22(13(2)23)15-5-3-4-6-16(15)27-19/h3-9,12,19H,10-11H2,1-2H3,(H,21,24)/t12-,19-/m0/s1. The molecule has 0 unspecified atom stereocenters. The van der Waals surface area contributed by atoms with Crippen molar-refractivity contribution in [2.24, 2.45) is 0 Å². The second kappa shape index (κ2) is 6.83. The predicted molar refractivity (Wildman–Crippen MR) is 98.0 cm³/mol. The molecule has 2 aromatic rings. The van der Waals surface area contributed by atoms with Gasteiger partial charge in [-0.2, -0.15) is 0 Å². The number of rotatable bonds is 3. The van der Waals surface area contributed by atoms with Crippen LogP contribution in [0.4, 0.5) is 5.69 Å². The number of carbonyl (C=O) groups is 2. The Labute approximate surface area is 156 Å². The van der Waals surface area contributed by atoms with Crippen molar-refractivity contribution >= 4 is 17.5 Å². The minimum Gasteiger partial charge on any atom is -0.477 e. The van der Waals surface area contributed by atoms with Gasteiger partial charge >= 0.3 is 0 Å². The van der Waals surface area contributed by atoms with Crippen LogP contribution >= 0.6 is 0 Å². The number of amides is 2. The van der Waals surface area contributed by atoms with E-state index in [0.29, 0.717) is 22.9 Å². The molecule has 2 amide bonds. The highest BCUT2D eigenvalue weighted by Crippen LogP contribution is 2.35. The summed E-state index contributed by atoms with van der Waals surface area (Å²) in [6, 6.07) is 12.5. The maximum absolute atomic E-state index is 12.8. The van der Waals surface area contributed by atoms with Crippen LogP contribution in [0.1, 0.15) is 25.5 Å². The molecule has 0 radical (unpaired) electrons. The largest absolute Gasteiger partial charge is 0.477 e. The van der Waals surface area contributed by atoms with Crippen molar-refractivity contribution in [1.82, 2.24) is 5.32 Å². The Bertz CT molecular complexity index is 898. The lowest BCUT2D eigenvalue weighted by atomic mass is 10.1. The van der Waals surface area contributed by atoms with E-state index in [1.165, 1.54) is 6.92 Å². The molecule has 2 atom stereocenters. The normalized spacial score (nSPS) is 18.3. The zero-order chi connectivity index (χ0) is 19.0. The second-order valence-electron chi connectivity index (χ2n) is 6.55. The number of fused-ring (bicyclic) bond motifs is 2. The summed E-state index contributed by atoms with van der Waals surface area (Å²) in [6.45, 7) is 3.74. The van der Waals surface area contributed by atoms with Crippen molar-refractivity contribution in [1.29, 1.82) is 0 Å². The average molecular weight is 368 g/mol. The molecule has 2 aliphatic heterocycles. The summed E-state index contributed by atoms with van der Waals surface area (Å²) >= 11 is 0. The summed E-state index contributed by atoms with van der Waals surface area (Å²) < 4.78 is 16.5. The number of anilines is 1. The Morgan fingerprint density at radius 2 is 1.89 bits per heavy atom. The third kappa shape index (κ3) is 3.28. The van der Waals surface area contributed by atoms with Gasteiger partial charge in [0.2, 0.25) is 12.7 Å². The molecule has 140 valence electrons. The molecular weight excluding hydrogens is 348 g/mol. The number of para-hydroxylation sites is 2. The van der Waals surface area contributed by atoms with Gasteiger partial charge in [-0.1, -0.05) is 18.2 Å². The molecule has 7 nitrogen and oxygen atoms in total. The summed E-state index contributed by atoms with van der Waals surface area (Å²) in [5, 5.41) is 2.95. The van der Waals surface area contributed by atoms with Gasteiger partial charge in [0.15, 0.2) is 17.6 Å². The summed E-state index contributed by atoms with van der Waals surface area (Å²) in [7, 11) is 0. The first kappa shape index (κ1) is 17.2. The summed E-state index contributed by atoms with van der Waals surface area (Å²) in [4.78, 5) is 26.3. The molecule has 0 aromatic heterocycles. The van der Waals surface area contributed by atoms with E-state index in [1.807, 2.05) is 37.3 Å². The fourth-order valence-corrected chi connectivity index (χ4v) is 3.24. The number of carbonyl (C=O) groups excluding carboxylic acids is 2. The number of nitrogens with zero attached hydrogens (tertiary/aromatic N) is 1. The Morgan fingerprint density at radius 3 is 2.70 bits per heavy atom. The van der Waals surface area contributed by atoms with Crippen molar-refractivity contribution in [3.8, 4) is 17.2 Å². The molecule has 0 bridgehead atoms. The Hall–Kier alpha value is -3.22. The van der Waals surface area contributed by atoms with Gasteiger partial charge in [0.05, 0.1) is 18.3 Å². The SMILES string of the molecule is CC(=O)N1C[C@@H](C(=O)N[C@@H](C)c2ccc3c(c2)OCO3)Oc2ccccc21. The Morgan fingerprint density at radius 1 is 1.11 bits per heavy atom. The molecular formula is C20H20N2O5. The van der Waals surface area contributed by atoms with E-state index in [4.69, 9.17) is 14.2 Å². The van der Waals surface area contributed by atoms with Crippen LogP contribution in [0.15, 0.2) is 42.5 Å². The van der Waals surface area contributed by atoms with Crippen molar-refractivity contribution < 1.29 is 23.8 Å². The maximum atomic E-state index is 12.8. The number of hydrogen-bond donors (Lipinski definition) is 1. The van der Waals surface area contributed by atoms with Crippen LogP contribution in [0.25, 0.3) is 0 Å². The fourth-order valence-electron chi connectivity index (χ4n) is 3.24. The van der Waals surface area contributed by atoms with E-state index in [9.17, 15) is 9.59 Å². The van der Waals surface area contributed by atoms with Gasteiger partial charge in [-0.25, -0.2) is 0 Å². The zero-order valence-electron chi connectivity index (χ0n) is 15.1. The van der Waals surface area contributed by atoms with Crippen LogP contribution in [0.5, 0.6) is 17.2 Å². The van der Waals surface area contributed by atoms with E-state index in [1.54, 1.807) is 17.0 Å². The van der Waals surface area contributed by atoms with E-state index in [2.05, 4.69) is 5.32 Å². The van der Waals surface area contributed by atoms with Crippen LogP contribution < -0.4 is 24.4 Å². The Balaban J connectivity index is 1.49.